The lowest BCUT2D eigenvalue weighted by atomic mass is 9.86. The fourth-order valence-corrected chi connectivity index (χ4v) is 5.23. The van der Waals surface area contributed by atoms with Gasteiger partial charge in [0.1, 0.15) is 29.6 Å². The normalized spacial score (nSPS) is 18.5. The van der Waals surface area contributed by atoms with Gasteiger partial charge in [-0.1, -0.05) is 12.1 Å². The highest BCUT2D eigenvalue weighted by Gasteiger charge is 2.28. The third kappa shape index (κ3) is 4.87. The number of benzene rings is 2. The first-order valence-electron chi connectivity index (χ1n) is 12.6. The Morgan fingerprint density at radius 1 is 1.16 bits per heavy atom. The molecule has 1 fully saturated rings. The molecule has 0 spiro atoms. The maximum Gasteiger partial charge on any atom is 0.335 e. The number of rotatable bonds is 8. The number of imidazole rings is 1. The van der Waals surface area contributed by atoms with Crippen LogP contribution in [0.5, 0.6) is 5.75 Å². The molecule has 0 aliphatic heterocycles. The molecule has 10 nitrogen and oxygen atoms in total. The van der Waals surface area contributed by atoms with E-state index in [1.165, 1.54) is 36.2 Å². The van der Waals surface area contributed by atoms with Gasteiger partial charge in [0.15, 0.2) is 11.5 Å². The van der Waals surface area contributed by atoms with Gasteiger partial charge in [0.05, 0.1) is 12.8 Å². The van der Waals surface area contributed by atoms with Gasteiger partial charge in [-0.05, 0) is 67.5 Å². The number of nitrogens with two attached hydrogens (primary N) is 1. The van der Waals surface area contributed by atoms with Gasteiger partial charge in [-0.15, -0.1) is 0 Å². The van der Waals surface area contributed by atoms with Crippen LogP contribution >= 0.6 is 0 Å². The van der Waals surface area contributed by atoms with E-state index in [2.05, 4.69) is 15.3 Å². The van der Waals surface area contributed by atoms with Crippen LogP contribution in [0.1, 0.15) is 49.1 Å². The van der Waals surface area contributed by atoms with Crippen molar-refractivity contribution in [3.05, 3.63) is 76.2 Å². The van der Waals surface area contributed by atoms with Crippen molar-refractivity contribution in [3.8, 4) is 11.4 Å². The lowest BCUT2D eigenvalue weighted by Crippen LogP contribution is -2.30. The van der Waals surface area contributed by atoms with E-state index in [1.807, 2.05) is 12.1 Å². The molecule has 2 aromatic heterocycles. The van der Waals surface area contributed by atoms with Crippen molar-refractivity contribution in [2.45, 2.75) is 44.5 Å². The lowest BCUT2D eigenvalue weighted by Gasteiger charge is -2.27. The van der Waals surface area contributed by atoms with E-state index in [4.69, 9.17) is 10.5 Å². The van der Waals surface area contributed by atoms with Crippen molar-refractivity contribution in [1.29, 1.82) is 0 Å². The number of methoxy groups -OCH3 is 1. The number of nitrogens with one attached hydrogen (secondary N) is 1. The van der Waals surface area contributed by atoms with E-state index in [-0.39, 0.29) is 36.6 Å². The maximum atomic E-state index is 13.7. The number of hydrogen-bond acceptors (Lipinski definition) is 8. The summed E-state index contributed by atoms with van der Waals surface area (Å²) in [5, 5.41) is 23.0. The number of aliphatic hydroxyl groups is 2. The topological polar surface area (TPSA) is 140 Å². The van der Waals surface area contributed by atoms with Gasteiger partial charge >= 0.3 is 5.69 Å². The Morgan fingerprint density at radius 3 is 2.58 bits per heavy atom. The number of halogens is 1. The Labute approximate surface area is 218 Å². The van der Waals surface area contributed by atoms with Crippen LogP contribution in [-0.4, -0.2) is 43.0 Å². The third-order valence-corrected chi connectivity index (χ3v) is 7.30. The summed E-state index contributed by atoms with van der Waals surface area (Å²) >= 11 is 0. The summed E-state index contributed by atoms with van der Waals surface area (Å²) in [5.74, 6) is 0.381. The molecule has 5 rings (SSSR count). The van der Waals surface area contributed by atoms with Crippen LogP contribution in [-0.2, 0) is 6.54 Å². The van der Waals surface area contributed by atoms with Gasteiger partial charge in [-0.25, -0.2) is 19.2 Å². The Morgan fingerprint density at radius 2 is 1.89 bits per heavy atom. The van der Waals surface area contributed by atoms with Crippen LogP contribution in [0.4, 0.5) is 10.2 Å². The fraction of sp³-hybridized carbons (Fsp3) is 0.370. The molecule has 38 heavy (non-hydrogen) atoms. The molecule has 0 bridgehead atoms. The van der Waals surface area contributed by atoms with Crippen molar-refractivity contribution in [2.75, 3.05) is 19.5 Å². The molecular formula is C27H31FN6O4. The predicted octanol–water partition coefficient (Wildman–Crippen LogP) is 2.82. The minimum atomic E-state index is -1.14. The predicted molar refractivity (Wildman–Crippen MR) is 140 cm³/mol. The zero-order valence-electron chi connectivity index (χ0n) is 21.0. The van der Waals surface area contributed by atoms with Crippen molar-refractivity contribution in [2.24, 2.45) is 5.92 Å². The molecule has 4 aromatic rings. The van der Waals surface area contributed by atoms with Crippen LogP contribution < -0.4 is 21.5 Å². The van der Waals surface area contributed by atoms with E-state index >= 15 is 0 Å². The zero-order chi connectivity index (χ0) is 26.8. The van der Waals surface area contributed by atoms with Crippen molar-refractivity contribution in [1.82, 2.24) is 24.4 Å². The molecule has 200 valence electrons. The number of aliphatic hydroxyl groups excluding tert-OH is 2. The maximum absolute atomic E-state index is 13.7. The second kappa shape index (κ2) is 10.9. The van der Waals surface area contributed by atoms with Crippen molar-refractivity contribution in [3.63, 3.8) is 0 Å². The number of ether oxygens (including phenoxy) is 1. The first-order valence-corrected chi connectivity index (χ1v) is 12.6. The summed E-state index contributed by atoms with van der Waals surface area (Å²) in [7, 11) is 1.46. The molecule has 0 amide bonds. The molecule has 5 N–H and O–H groups in total. The average Bonchev–Trinajstić information content (AvgIpc) is 3.24. The van der Waals surface area contributed by atoms with Crippen LogP contribution in [0.2, 0.25) is 0 Å². The average molecular weight is 523 g/mol. The van der Waals surface area contributed by atoms with E-state index in [1.54, 1.807) is 16.7 Å². The zero-order valence-corrected chi connectivity index (χ0v) is 21.0. The summed E-state index contributed by atoms with van der Waals surface area (Å²) < 4.78 is 22.1. The largest absolute Gasteiger partial charge is 0.496 e. The van der Waals surface area contributed by atoms with E-state index in [0.717, 1.165) is 31.2 Å². The molecule has 1 aliphatic rings. The van der Waals surface area contributed by atoms with Crippen LogP contribution in [0.15, 0.2) is 53.6 Å². The van der Waals surface area contributed by atoms with Gasteiger partial charge in [0.25, 0.3) is 0 Å². The quantitative estimate of drug-likeness (QED) is 0.259. The highest BCUT2D eigenvalue weighted by atomic mass is 19.1. The monoisotopic (exact) mass is 522 g/mol. The molecule has 2 aromatic carbocycles. The van der Waals surface area contributed by atoms with Gasteiger partial charge < -0.3 is 20.7 Å². The first-order chi connectivity index (χ1) is 18.4. The number of fused-ring (bicyclic) bond motifs is 1. The Hall–Kier alpha value is -3.80. The van der Waals surface area contributed by atoms with Gasteiger partial charge in [-0.2, -0.15) is 0 Å². The summed E-state index contributed by atoms with van der Waals surface area (Å²) in [6.45, 7) is 0.448. The van der Waals surface area contributed by atoms with E-state index in [9.17, 15) is 19.4 Å². The Bertz CT molecular complexity index is 1480. The number of anilines is 1. The molecule has 1 atom stereocenters. The summed E-state index contributed by atoms with van der Waals surface area (Å²) in [6, 6.07) is 11.2. The summed E-state index contributed by atoms with van der Waals surface area (Å²) in [4.78, 5) is 22.2. The van der Waals surface area contributed by atoms with Gasteiger partial charge in [0, 0.05) is 24.8 Å². The first kappa shape index (κ1) is 25.8. The SMILES string of the molecule is COc1ccc(F)cc1C(O)NCc1ccc(-n2c(=O)n(C3CCC(CO)CC3)c3ncnc(N)c32)cc1. The summed E-state index contributed by atoms with van der Waals surface area (Å²) in [5.41, 5.74) is 8.68. The van der Waals surface area contributed by atoms with E-state index in [0.29, 0.717) is 28.2 Å². The van der Waals surface area contributed by atoms with Crippen molar-refractivity contribution >= 4 is 17.0 Å². The third-order valence-electron chi connectivity index (χ3n) is 7.30. The minimum absolute atomic E-state index is 0.0341. The molecule has 1 aliphatic carbocycles. The van der Waals surface area contributed by atoms with Crippen LogP contribution in [0.3, 0.4) is 0 Å². The molecule has 0 saturated heterocycles. The summed E-state index contributed by atoms with van der Waals surface area (Å²) in [6.07, 6.45) is 3.46. The smallest absolute Gasteiger partial charge is 0.335 e. The molecule has 1 saturated carbocycles. The highest BCUT2D eigenvalue weighted by Crippen LogP contribution is 2.34. The Balaban J connectivity index is 1.40. The Kier molecular flexibility index (Phi) is 7.41. The van der Waals surface area contributed by atoms with E-state index < -0.39 is 12.0 Å². The fourth-order valence-electron chi connectivity index (χ4n) is 5.23. The number of hydrogen-bond donors (Lipinski definition) is 4. The van der Waals surface area contributed by atoms with Gasteiger partial charge in [-0.3, -0.25) is 14.5 Å². The second-order valence-corrected chi connectivity index (χ2v) is 9.61. The second-order valence-electron chi connectivity index (χ2n) is 9.61. The van der Waals surface area contributed by atoms with Crippen LogP contribution in [0, 0.1) is 11.7 Å². The molecule has 1 unspecified atom stereocenters. The number of nitrogen functional groups attached to an aromatic ring is 1. The molecule has 11 heteroatoms. The highest BCUT2D eigenvalue weighted by molar-refractivity contribution is 5.84. The van der Waals surface area contributed by atoms with Gasteiger partial charge in [0.2, 0.25) is 0 Å². The lowest BCUT2D eigenvalue weighted by molar-refractivity contribution is 0.133. The van der Waals surface area contributed by atoms with Crippen LogP contribution in [0.25, 0.3) is 16.9 Å². The standard InChI is InChI=1S/C27H31FN6O4/c1-38-22-11-6-18(28)12-21(22)26(36)30-13-16-2-7-19(8-3-16)33-23-24(29)31-15-32-25(23)34(27(33)37)20-9-4-17(14-35)5-10-20/h2-3,6-8,11-12,15,17,20,26,30,35-36H,4-5,9-10,13-14H2,1H3,(H2,29,31,32). The number of aromatic nitrogens is 4. The molecule has 2 heterocycles. The molecule has 0 radical (unpaired) electrons. The minimum Gasteiger partial charge on any atom is -0.496 e. The van der Waals surface area contributed by atoms with Crippen molar-refractivity contribution < 1.29 is 19.3 Å². The number of nitrogens with zero attached hydrogens (tertiary/aromatic N) is 4. The molecular weight excluding hydrogens is 491 g/mol.